The van der Waals surface area contributed by atoms with Gasteiger partial charge in [-0.25, -0.2) is 12.8 Å². The third kappa shape index (κ3) is 10.2. The maximum Gasteiger partial charge on any atom is 0.269 e. The molecule has 38 heavy (non-hydrogen) atoms. The maximum atomic E-state index is 12.7. The predicted molar refractivity (Wildman–Crippen MR) is 152 cm³/mol. The molecule has 1 aromatic heterocycles. The van der Waals surface area contributed by atoms with Crippen LogP contribution in [0.25, 0.3) is 6.08 Å². The van der Waals surface area contributed by atoms with Gasteiger partial charge in [-0.2, -0.15) is 11.3 Å². The Morgan fingerprint density at radius 3 is 1.97 bits per heavy atom. The number of nitro groups is 1. The number of rotatable bonds is 9. The first-order valence-electron chi connectivity index (χ1n) is 10.9. The van der Waals surface area contributed by atoms with Crippen LogP contribution < -0.4 is 0 Å². The number of sulfone groups is 1. The van der Waals surface area contributed by atoms with Crippen LogP contribution in [0.5, 0.6) is 0 Å². The lowest BCUT2D eigenvalue weighted by Crippen LogP contribution is -1.93. The highest BCUT2D eigenvalue weighted by molar-refractivity contribution is 7.97. The van der Waals surface area contributed by atoms with Crippen LogP contribution in [0, 0.1) is 15.9 Å². The molecule has 0 saturated carbocycles. The molecule has 198 valence electrons. The van der Waals surface area contributed by atoms with Crippen molar-refractivity contribution in [1.82, 2.24) is 0 Å². The van der Waals surface area contributed by atoms with Gasteiger partial charge in [0.2, 0.25) is 0 Å². The van der Waals surface area contributed by atoms with E-state index >= 15 is 0 Å². The number of benzene rings is 2. The first-order chi connectivity index (χ1) is 18.1. The molecule has 0 saturated heterocycles. The summed E-state index contributed by atoms with van der Waals surface area (Å²) >= 11 is 1.59. The molecule has 12 heteroatoms. The Kier molecular flexibility index (Phi) is 10.8. The van der Waals surface area contributed by atoms with E-state index in [4.69, 9.17) is 0 Å². The lowest BCUT2D eigenvalue weighted by atomic mass is 10.2. The Labute approximate surface area is 228 Å². The van der Waals surface area contributed by atoms with Gasteiger partial charge in [0.05, 0.1) is 38.0 Å². The largest absolute Gasteiger partial charge is 0.269 e. The van der Waals surface area contributed by atoms with Gasteiger partial charge < -0.3 is 0 Å². The zero-order valence-electron chi connectivity index (χ0n) is 19.7. The molecule has 3 aromatic rings. The van der Waals surface area contributed by atoms with E-state index in [-0.39, 0.29) is 17.3 Å². The van der Waals surface area contributed by atoms with E-state index in [9.17, 15) is 31.3 Å². The third-order valence-corrected chi connectivity index (χ3v) is 8.73. The normalized spacial score (nSPS) is 15.7. The van der Waals surface area contributed by atoms with E-state index in [0.29, 0.717) is 11.3 Å². The van der Waals surface area contributed by atoms with Gasteiger partial charge in [0.1, 0.15) is 5.82 Å². The van der Waals surface area contributed by atoms with Crippen molar-refractivity contribution in [2.24, 2.45) is 0 Å². The van der Waals surface area contributed by atoms with E-state index in [1.165, 1.54) is 41.8 Å². The Balaban J connectivity index is 0.000000211. The van der Waals surface area contributed by atoms with Gasteiger partial charge in [-0.15, -0.1) is 0 Å². The van der Waals surface area contributed by atoms with Gasteiger partial charge in [0.25, 0.3) is 5.69 Å². The lowest BCUT2D eigenvalue weighted by Gasteiger charge is -1.98. The molecular weight excluding hydrogens is 570 g/mol. The Hall–Kier alpha value is -3.32. The average molecular weight is 592 g/mol. The van der Waals surface area contributed by atoms with Crippen LogP contribution in [0.1, 0.15) is 16.7 Å². The van der Waals surface area contributed by atoms with Crippen LogP contribution in [-0.2, 0) is 42.9 Å². The number of halogens is 1. The molecule has 7 nitrogen and oxygen atoms in total. The summed E-state index contributed by atoms with van der Waals surface area (Å²) in [7, 11) is -5.63. The summed E-state index contributed by atoms with van der Waals surface area (Å²) in [6.07, 6.45) is 4.76. The van der Waals surface area contributed by atoms with Gasteiger partial charge in [-0.1, -0.05) is 24.3 Å². The van der Waals surface area contributed by atoms with Crippen molar-refractivity contribution >= 4 is 54.5 Å². The van der Waals surface area contributed by atoms with E-state index < -0.39 is 36.4 Å². The molecule has 2 unspecified atom stereocenters. The van der Waals surface area contributed by atoms with Crippen molar-refractivity contribution in [3.05, 3.63) is 137 Å². The van der Waals surface area contributed by atoms with E-state index in [1.807, 2.05) is 22.9 Å². The average Bonchev–Trinajstić information content (AvgIpc) is 3.53. The number of thiophene rings is 1. The van der Waals surface area contributed by atoms with Crippen molar-refractivity contribution in [2.45, 2.75) is 11.5 Å². The first kappa shape index (κ1) is 29.2. The Bertz CT molecular complexity index is 1520. The maximum absolute atomic E-state index is 12.7. The minimum atomic E-state index is -3.24. The van der Waals surface area contributed by atoms with Gasteiger partial charge in [-0.05, 0) is 69.5 Å². The van der Waals surface area contributed by atoms with Gasteiger partial charge in [0, 0.05) is 33.8 Å². The highest BCUT2D eigenvalue weighted by atomic mass is 32.2. The van der Waals surface area contributed by atoms with Gasteiger partial charge >= 0.3 is 0 Å². The van der Waals surface area contributed by atoms with E-state index in [1.54, 1.807) is 41.0 Å². The summed E-state index contributed by atoms with van der Waals surface area (Å²) in [5.41, 5.74) is 3.14. The van der Waals surface area contributed by atoms with Crippen molar-refractivity contribution in [3.8, 4) is 0 Å². The number of allylic oxidation sites excluding steroid dienone is 3. The molecule has 1 aliphatic heterocycles. The molecule has 4 rings (SSSR count). The van der Waals surface area contributed by atoms with Crippen LogP contribution in [0.4, 0.5) is 10.1 Å². The summed E-state index contributed by atoms with van der Waals surface area (Å²) in [4.78, 5) is 10.1. The second-order valence-electron chi connectivity index (χ2n) is 7.77. The van der Waals surface area contributed by atoms with Crippen molar-refractivity contribution in [3.63, 3.8) is 0 Å². The van der Waals surface area contributed by atoms with Gasteiger partial charge in [-0.3, -0.25) is 18.5 Å². The summed E-state index contributed by atoms with van der Waals surface area (Å²) in [6, 6.07) is 13.8. The third-order valence-electron chi connectivity index (χ3n) is 4.80. The smallest absolute Gasteiger partial charge is 0.258 e. The summed E-state index contributed by atoms with van der Waals surface area (Å²) < 4.78 is 58.5. The summed E-state index contributed by atoms with van der Waals surface area (Å²) in [6.45, 7) is 0. The van der Waals surface area contributed by atoms with Crippen LogP contribution in [0.2, 0.25) is 0 Å². The first-order valence-corrected chi connectivity index (χ1v) is 16.2. The second-order valence-corrected chi connectivity index (χ2v) is 12.9. The molecule has 0 radical (unpaired) electrons. The summed E-state index contributed by atoms with van der Waals surface area (Å²) in [5.74, 6) is 0.288. The fraction of sp³-hybridized carbons (Fsp3) is 0.0769. The van der Waals surface area contributed by atoms with Gasteiger partial charge in [0.15, 0.2) is 9.84 Å². The molecule has 0 bridgehead atoms. The number of hydrogen-bond acceptors (Lipinski definition) is 7. The van der Waals surface area contributed by atoms with E-state index in [0.717, 1.165) is 27.5 Å². The van der Waals surface area contributed by atoms with Crippen LogP contribution in [-0.4, -0.2) is 21.8 Å². The Morgan fingerprint density at radius 1 is 0.895 bits per heavy atom. The molecule has 2 aromatic carbocycles. The highest BCUT2D eigenvalue weighted by Gasteiger charge is 2.09. The second kappa shape index (κ2) is 14.0. The molecule has 0 aliphatic carbocycles. The number of nitro benzene ring substituents is 1. The van der Waals surface area contributed by atoms with Crippen LogP contribution in [0.3, 0.4) is 0 Å². The fourth-order valence-electron chi connectivity index (χ4n) is 2.93. The van der Waals surface area contributed by atoms with Crippen LogP contribution >= 0.6 is 11.3 Å². The zero-order valence-corrected chi connectivity index (χ0v) is 23.0. The standard InChI is InChI=1S/C13H11FO3S2.C13H11NO3S2/c14-13-3-1-11(2-4-13)9-18(15)7-5-12-6-8-19(16,17)10-12;15-14(16)13-3-1-12(2-4-13)10-19(17)8-6-11-5-7-18-9-11/h1-8,10H,9H2;1-9H,10H2/b7-5+;8-6+. The molecule has 2 atom stereocenters. The molecule has 0 spiro atoms. The lowest BCUT2D eigenvalue weighted by molar-refractivity contribution is -0.384. The quantitative estimate of drug-likeness (QED) is 0.223. The van der Waals surface area contributed by atoms with Crippen molar-refractivity contribution in [2.75, 3.05) is 0 Å². The fourth-order valence-corrected chi connectivity index (χ4v) is 6.38. The molecule has 0 amide bonds. The van der Waals surface area contributed by atoms with Crippen molar-refractivity contribution < 1.29 is 26.1 Å². The molecule has 0 N–H and O–H groups in total. The molecule has 2 heterocycles. The minimum Gasteiger partial charge on any atom is -0.258 e. The molecular formula is C26H22FNO6S4. The topological polar surface area (TPSA) is 111 Å². The molecule has 1 aliphatic rings. The summed E-state index contributed by atoms with van der Waals surface area (Å²) in [5, 5.41) is 19.7. The Morgan fingerprint density at radius 2 is 1.47 bits per heavy atom. The van der Waals surface area contributed by atoms with Crippen LogP contribution in [0.15, 0.2) is 105 Å². The number of nitrogens with zero attached hydrogens (tertiary/aromatic N) is 1. The monoisotopic (exact) mass is 591 g/mol. The molecule has 0 fully saturated rings. The number of hydrogen-bond donors (Lipinski definition) is 0. The van der Waals surface area contributed by atoms with Crippen molar-refractivity contribution in [1.29, 1.82) is 0 Å². The minimum absolute atomic E-state index is 0.0448. The highest BCUT2D eigenvalue weighted by Crippen LogP contribution is 2.16. The zero-order chi connectivity index (χ0) is 27.5. The number of non-ortho nitro benzene ring substituents is 1. The van der Waals surface area contributed by atoms with E-state index in [2.05, 4.69) is 0 Å². The SMILES string of the molecule is O=S(/C=C/C1=CS(=O)(=O)C=C1)Cc1ccc(F)cc1.O=[N+]([O-])c1ccc(CS(=O)/C=C/c2ccsc2)cc1. The predicted octanol–water partition coefficient (Wildman–Crippen LogP) is 5.99.